The Labute approximate surface area is 465 Å². The van der Waals surface area contributed by atoms with Crippen molar-refractivity contribution in [2.24, 2.45) is 0 Å². The van der Waals surface area contributed by atoms with E-state index in [2.05, 4.69) is 87.6 Å². The number of carbonyl (C=O) groups excluding carboxylic acids is 3. The first kappa shape index (κ1) is 71.8. The molecule has 0 rings (SSSR count). The van der Waals surface area contributed by atoms with E-state index in [0.29, 0.717) is 19.3 Å². The Balaban J connectivity index is 4.17. The van der Waals surface area contributed by atoms with Gasteiger partial charge in [0.25, 0.3) is 0 Å². The fourth-order valence-electron chi connectivity index (χ4n) is 9.36. The van der Waals surface area contributed by atoms with Crippen LogP contribution < -0.4 is 0 Å². The first-order chi connectivity index (χ1) is 37.0. The third kappa shape index (κ3) is 61.6. The van der Waals surface area contributed by atoms with Crippen molar-refractivity contribution in [1.29, 1.82) is 0 Å². The van der Waals surface area contributed by atoms with Crippen molar-refractivity contribution in [3.8, 4) is 0 Å². The van der Waals surface area contributed by atoms with Crippen LogP contribution in [0.4, 0.5) is 0 Å². The van der Waals surface area contributed by atoms with Gasteiger partial charge in [-0.25, -0.2) is 0 Å². The molecule has 0 aromatic rings. The summed E-state index contributed by atoms with van der Waals surface area (Å²) in [6, 6.07) is 0. The zero-order valence-corrected chi connectivity index (χ0v) is 49.8. The van der Waals surface area contributed by atoms with Crippen LogP contribution in [0.15, 0.2) is 72.9 Å². The standard InChI is InChI=1S/C69H122O6/c1-4-7-10-13-16-19-22-25-27-28-29-30-31-32-33-34-35-36-37-38-39-40-41-42-45-47-50-53-56-59-62-68(71)74-65-66(64-73-67(70)61-58-55-52-49-46-43-24-21-18-15-12-9-6-3)75-69(72)63-60-57-54-51-48-44-26-23-20-17-14-11-8-5-2/h9,12,14,17-18,21,23,26,43,46,52,55,66H,4-8,10-11,13,15-16,19-20,22,24-25,27-42,44-45,47-51,53-54,56-65H2,1-3H3/b12-9-,17-14-,21-18-,26-23-,46-43-,55-52-. The molecule has 0 radical (unpaired) electrons. The van der Waals surface area contributed by atoms with Crippen LogP contribution in [0.25, 0.3) is 0 Å². The molecule has 0 bridgehead atoms. The zero-order chi connectivity index (χ0) is 54.3. The molecular weight excluding hydrogens is 925 g/mol. The highest BCUT2D eigenvalue weighted by atomic mass is 16.6. The minimum absolute atomic E-state index is 0.101. The summed E-state index contributed by atoms with van der Waals surface area (Å²) in [4.78, 5) is 38.2. The van der Waals surface area contributed by atoms with Crippen LogP contribution in [0.5, 0.6) is 0 Å². The fourth-order valence-corrected chi connectivity index (χ4v) is 9.36. The molecule has 0 aliphatic heterocycles. The molecule has 0 aliphatic rings. The highest BCUT2D eigenvalue weighted by molar-refractivity contribution is 5.71. The molecule has 434 valence electrons. The highest BCUT2D eigenvalue weighted by Crippen LogP contribution is 2.18. The normalized spacial score (nSPS) is 12.5. The Morgan fingerprint density at radius 1 is 0.280 bits per heavy atom. The first-order valence-electron chi connectivity index (χ1n) is 32.4. The molecule has 6 heteroatoms. The van der Waals surface area contributed by atoms with E-state index in [9.17, 15) is 14.4 Å². The van der Waals surface area contributed by atoms with E-state index in [1.54, 1.807) is 0 Å². The number of esters is 3. The molecule has 0 aromatic heterocycles. The van der Waals surface area contributed by atoms with Gasteiger partial charge in [-0.05, 0) is 70.6 Å². The molecule has 0 heterocycles. The number of hydrogen-bond donors (Lipinski definition) is 0. The van der Waals surface area contributed by atoms with Crippen molar-refractivity contribution in [2.45, 2.75) is 335 Å². The van der Waals surface area contributed by atoms with Crippen LogP contribution in [0.2, 0.25) is 0 Å². The summed E-state index contributed by atoms with van der Waals surface area (Å²) in [5, 5.41) is 0. The molecule has 0 amide bonds. The van der Waals surface area contributed by atoms with Crippen molar-refractivity contribution < 1.29 is 28.6 Å². The molecule has 0 saturated carbocycles. The molecule has 1 atom stereocenters. The summed E-state index contributed by atoms with van der Waals surface area (Å²) in [7, 11) is 0. The molecule has 0 spiro atoms. The summed E-state index contributed by atoms with van der Waals surface area (Å²) < 4.78 is 16.8. The maximum absolute atomic E-state index is 12.8. The minimum Gasteiger partial charge on any atom is -0.462 e. The number of unbranched alkanes of at least 4 members (excludes halogenated alkanes) is 36. The number of rotatable bonds is 59. The molecule has 0 aromatic carbocycles. The Morgan fingerprint density at radius 2 is 0.560 bits per heavy atom. The smallest absolute Gasteiger partial charge is 0.306 e. The third-order valence-corrected chi connectivity index (χ3v) is 14.2. The molecule has 0 aliphatic carbocycles. The monoisotopic (exact) mass is 1050 g/mol. The number of hydrogen-bond acceptors (Lipinski definition) is 6. The quantitative estimate of drug-likeness (QED) is 0.0261. The van der Waals surface area contributed by atoms with Crippen LogP contribution in [0.3, 0.4) is 0 Å². The zero-order valence-electron chi connectivity index (χ0n) is 49.8. The molecule has 0 N–H and O–H groups in total. The lowest BCUT2D eigenvalue weighted by atomic mass is 10.0. The van der Waals surface area contributed by atoms with E-state index >= 15 is 0 Å². The van der Waals surface area contributed by atoms with E-state index in [-0.39, 0.29) is 37.5 Å². The van der Waals surface area contributed by atoms with Crippen molar-refractivity contribution in [3.63, 3.8) is 0 Å². The number of allylic oxidation sites excluding steroid dienone is 12. The second kappa shape index (κ2) is 63.4. The molecule has 0 fully saturated rings. The lowest BCUT2D eigenvalue weighted by Crippen LogP contribution is -2.30. The van der Waals surface area contributed by atoms with E-state index < -0.39 is 6.10 Å². The van der Waals surface area contributed by atoms with Gasteiger partial charge in [-0.15, -0.1) is 0 Å². The van der Waals surface area contributed by atoms with Gasteiger partial charge in [-0.2, -0.15) is 0 Å². The Morgan fingerprint density at radius 3 is 0.933 bits per heavy atom. The van der Waals surface area contributed by atoms with E-state index in [4.69, 9.17) is 14.2 Å². The molecule has 75 heavy (non-hydrogen) atoms. The third-order valence-electron chi connectivity index (χ3n) is 14.2. The summed E-state index contributed by atoms with van der Waals surface area (Å²) in [5.74, 6) is -0.989. The Hall–Kier alpha value is -3.15. The average Bonchev–Trinajstić information content (AvgIpc) is 3.41. The molecular formula is C69H122O6. The van der Waals surface area contributed by atoms with Crippen LogP contribution in [-0.4, -0.2) is 37.2 Å². The lowest BCUT2D eigenvalue weighted by Gasteiger charge is -2.18. The second-order valence-corrected chi connectivity index (χ2v) is 21.6. The maximum Gasteiger partial charge on any atom is 0.306 e. The van der Waals surface area contributed by atoms with Gasteiger partial charge in [0.1, 0.15) is 13.2 Å². The van der Waals surface area contributed by atoms with Crippen molar-refractivity contribution >= 4 is 17.9 Å². The molecule has 1 unspecified atom stereocenters. The van der Waals surface area contributed by atoms with Crippen LogP contribution in [-0.2, 0) is 28.6 Å². The summed E-state index contributed by atoms with van der Waals surface area (Å²) >= 11 is 0. The molecule has 6 nitrogen and oxygen atoms in total. The SMILES string of the molecule is CC/C=C\C/C=C\C/C=C\C/C=C\CCC(=O)OCC(COC(=O)CCCCCCCCCCCCCCCCCCCCCCCCCCCCCCCC)OC(=O)CCCCCCC/C=C\C/C=C\CCCC. The van der Waals surface area contributed by atoms with Gasteiger partial charge in [0, 0.05) is 19.3 Å². The van der Waals surface area contributed by atoms with Gasteiger partial charge in [0.05, 0.1) is 0 Å². The Bertz CT molecular complexity index is 1390. The topological polar surface area (TPSA) is 78.9 Å². The predicted molar refractivity (Wildman–Crippen MR) is 325 cm³/mol. The van der Waals surface area contributed by atoms with Crippen LogP contribution in [0.1, 0.15) is 329 Å². The summed E-state index contributed by atoms with van der Waals surface area (Å²) in [5.41, 5.74) is 0. The van der Waals surface area contributed by atoms with Crippen LogP contribution in [0, 0.1) is 0 Å². The predicted octanol–water partition coefficient (Wildman–Crippen LogP) is 22.1. The number of carbonyl (C=O) groups is 3. The largest absolute Gasteiger partial charge is 0.462 e. The maximum atomic E-state index is 12.8. The highest BCUT2D eigenvalue weighted by Gasteiger charge is 2.19. The van der Waals surface area contributed by atoms with Gasteiger partial charge in [-0.3, -0.25) is 14.4 Å². The minimum atomic E-state index is -0.811. The Kier molecular flexibility index (Phi) is 60.7. The van der Waals surface area contributed by atoms with Crippen molar-refractivity contribution in [2.75, 3.05) is 13.2 Å². The van der Waals surface area contributed by atoms with E-state index in [0.717, 1.165) is 89.9 Å². The van der Waals surface area contributed by atoms with Crippen molar-refractivity contribution in [1.82, 2.24) is 0 Å². The van der Waals surface area contributed by atoms with Crippen LogP contribution >= 0.6 is 0 Å². The van der Waals surface area contributed by atoms with E-state index in [1.807, 2.05) is 6.08 Å². The average molecular weight is 1050 g/mol. The van der Waals surface area contributed by atoms with Gasteiger partial charge < -0.3 is 14.2 Å². The number of ether oxygens (including phenoxy) is 3. The summed E-state index contributed by atoms with van der Waals surface area (Å²) in [6.07, 6.45) is 82.4. The van der Waals surface area contributed by atoms with Crippen molar-refractivity contribution in [3.05, 3.63) is 72.9 Å². The fraction of sp³-hybridized carbons (Fsp3) is 0.783. The second-order valence-electron chi connectivity index (χ2n) is 21.6. The van der Waals surface area contributed by atoms with Gasteiger partial charge >= 0.3 is 17.9 Å². The van der Waals surface area contributed by atoms with Gasteiger partial charge in [0.15, 0.2) is 6.10 Å². The van der Waals surface area contributed by atoms with Gasteiger partial charge in [-0.1, -0.05) is 312 Å². The summed E-state index contributed by atoms with van der Waals surface area (Å²) in [6.45, 7) is 6.44. The van der Waals surface area contributed by atoms with E-state index in [1.165, 1.54) is 193 Å². The lowest BCUT2D eigenvalue weighted by molar-refractivity contribution is -0.166. The van der Waals surface area contributed by atoms with Gasteiger partial charge in [0.2, 0.25) is 0 Å². The molecule has 0 saturated heterocycles. The first-order valence-corrected chi connectivity index (χ1v) is 32.4.